The van der Waals surface area contributed by atoms with Crippen LogP contribution in [0.2, 0.25) is 0 Å². The van der Waals surface area contributed by atoms with Gasteiger partial charge in [-0.3, -0.25) is 9.59 Å². The Kier molecular flexibility index (Phi) is 5.48. The molecule has 23 heavy (non-hydrogen) atoms. The van der Waals surface area contributed by atoms with Gasteiger partial charge in [-0.1, -0.05) is 38.2 Å². The molecule has 2 N–H and O–H groups in total. The fourth-order valence-corrected chi connectivity index (χ4v) is 3.49. The average Bonchev–Trinajstić information content (AvgIpc) is 3.07. The molecule has 1 atom stereocenters. The summed E-state index contributed by atoms with van der Waals surface area (Å²) in [5.41, 5.74) is -0.101. The van der Waals surface area contributed by atoms with Crippen LogP contribution in [0.5, 0.6) is 0 Å². The van der Waals surface area contributed by atoms with Crippen LogP contribution < -0.4 is 10.6 Å². The monoisotopic (exact) mass is 352 g/mol. The van der Waals surface area contributed by atoms with Crippen LogP contribution >= 0.6 is 22.7 Å². The van der Waals surface area contributed by atoms with Crippen molar-refractivity contribution in [2.75, 3.05) is 5.32 Å². The van der Waals surface area contributed by atoms with Gasteiger partial charge in [0, 0.05) is 17.2 Å². The van der Waals surface area contributed by atoms with Crippen molar-refractivity contribution in [3.63, 3.8) is 0 Å². The van der Waals surface area contributed by atoms with Crippen molar-refractivity contribution in [3.8, 4) is 0 Å². The molecule has 0 fully saturated rings. The molecule has 0 aliphatic carbocycles. The Bertz CT molecular complexity index is 674. The topological polar surface area (TPSA) is 84.0 Å². The molecule has 0 bridgehead atoms. The molecular weight excluding hydrogens is 332 g/mol. The zero-order valence-corrected chi connectivity index (χ0v) is 15.2. The molecule has 0 saturated heterocycles. The highest BCUT2D eigenvalue weighted by molar-refractivity contribution is 7.15. The number of hydrogen-bond acceptors (Lipinski definition) is 6. The van der Waals surface area contributed by atoms with Crippen LogP contribution in [0.4, 0.5) is 5.13 Å². The van der Waals surface area contributed by atoms with Crippen molar-refractivity contribution in [2.45, 2.75) is 45.6 Å². The molecule has 2 heterocycles. The molecule has 0 aromatic carbocycles. The lowest BCUT2D eigenvalue weighted by molar-refractivity contribution is -0.120. The highest BCUT2D eigenvalue weighted by Crippen LogP contribution is 2.28. The zero-order chi connectivity index (χ0) is 17.0. The Balaban J connectivity index is 2.02. The van der Waals surface area contributed by atoms with Crippen molar-refractivity contribution >= 4 is 39.6 Å². The average molecular weight is 352 g/mol. The van der Waals surface area contributed by atoms with E-state index in [1.54, 1.807) is 0 Å². The number of anilines is 1. The van der Waals surface area contributed by atoms with Crippen LogP contribution in [0.25, 0.3) is 0 Å². The van der Waals surface area contributed by atoms with Crippen LogP contribution in [0, 0.1) is 0 Å². The number of thiophene rings is 1. The van der Waals surface area contributed by atoms with Crippen molar-refractivity contribution in [1.29, 1.82) is 0 Å². The molecule has 2 amide bonds. The number of amides is 2. The number of hydrogen-bond donors (Lipinski definition) is 2. The molecule has 0 aliphatic rings. The molecule has 1 unspecified atom stereocenters. The van der Waals surface area contributed by atoms with E-state index in [1.165, 1.54) is 29.6 Å². The second kappa shape index (κ2) is 7.18. The second-order valence-corrected chi connectivity index (χ2v) is 8.14. The van der Waals surface area contributed by atoms with Gasteiger partial charge in [0.1, 0.15) is 5.01 Å². The number of aromatic nitrogens is 2. The third-order valence-corrected chi connectivity index (χ3v) is 5.22. The van der Waals surface area contributed by atoms with Crippen LogP contribution in [0.1, 0.15) is 50.0 Å². The van der Waals surface area contributed by atoms with E-state index in [2.05, 4.69) is 20.8 Å². The summed E-state index contributed by atoms with van der Waals surface area (Å²) in [4.78, 5) is 24.5. The minimum absolute atomic E-state index is 0.101. The first-order valence-corrected chi connectivity index (χ1v) is 8.89. The summed E-state index contributed by atoms with van der Waals surface area (Å²) in [6.07, 6.45) is 0.157. The predicted octanol–water partition coefficient (Wildman–Crippen LogP) is 3.10. The van der Waals surface area contributed by atoms with Crippen molar-refractivity contribution in [2.24, 2.45) is 0 Å². The highest BCUT2D eigenvalue weighted by atomic mass is 32.1. The fraction of sp³-hybridized carbons (Fsp3) is 0.467. The van der Waals surface area contributed by atoms with Gasteiger partial charge in [-0.15, -0.1) is 21.5 Å². The van der Waals surface area contributed by atoms with Gasteiger partial charge in [-0.05, 0) is 11.4 Å². The third kappa shape index (κ3) is 5.11. The van der Waals surface area contributed by atoms with Gasteiger partial charge in [-0.25, -0.2) is 0 Å². The molecule has 0 spiro atoms. The Labute approximate surface area is 143 Å². The van der Waals surface area contributed by atoms with E-state index < -0.39 is 0 Å². The number of rotatable bonds is 5. The molecular formula is C15H20N4O2S2. The second-order valence-electron chi connectivity index (χ2n) is 6.18. The molecule has 2 aromatic heterocycles. The molecule has 0 saturated carbocycles. The van der Waals surface area contributed by atoms with Crippen LogP contribution in [0.3, 0.4) is 0 Å². The van der Waals surface area contributed by atoms with E-state index in [0.717, 1.165) is 9.88 Å². The zero-order valence-electron chi connectivity index (χ0n) is 13.5. The van der Waals surface area contributed by atoms with Gasteiger partial charge in [-0.2, -0.15) is 0 Å². The lowest BCUT2D eigenvalue weighted by Crippen LogP contribution is -2.29. The summed E-state index contributed by atoms with van der Waals surface area (Å²) < 4.78 is 0. The minimum atomic E-state index is -0.331. The third-order valence-electron chi connectivity index (χ3n) is 2.97. The summed E-state index contributed by atoms with van der Waals surface area (Å²) in [6, 6.07) is 3.47. The Morgan fingerprint density at radius 3 is 2.57 bits per heavy atom. The first kappa shape index (κ1) is 17.6. The number of carbonyl (C=O) groups is 2. The molecule has 2 aromatic rings. The Morgan fingerprint density at radius 1 is 1.30 bits per heavy atom. The van der Waals surface area contributed by atoms with Crippen molar-refractivity contribution < 1.29 is 9.59 Å². The summed E-state index contributed by atoms with van der Waals surface area (Å²) >= 11 is 2.88. The number of carbonyl (C=O) groups excluding carboxylic acids is 2. The highest BCUT2D eigenvalue weighted by Gasteiger charge is 2.22. The quantitative estimate of drug-likeness (QED) is 0.866. The number of nitrogens with zero attached hydrogens (tertiary/aromatic N) is 2. The van der Waals surface area contributed by atoms with E-state index in [9.17, 15) is 9.59 Å². The van der Waals surface area contributed by atoms with E-state index in [4.69, 9.17) is 0 Å². The first-order chi connectivity index (χ1) is 10.8. The maximum atomic E-state index is 12.2. The summed E-state index contributed by atoms with van der Waals surface area (Å²) in [7, 11) is 0. The lowest BCUT2D eigenvalue weighted by Gasteiger charge is -2.15. The summed E-state index contributed by atoms with van der Waals surface area (Å²) in [5, 5.41) is 16.9. The molecule has 0 radical (unpaired) electrons. The minimum Gasteiger partial charge on any atom is -0.348 e. The largest absolute Gasteiger partial charge is 0.348 e. The van der Waals surface area contributed by atoms with E-state index in [1.807, 2.05) is 38.3 Å². The van der Waals surface area contributed by atoms with Gasteiger partial charge in [0.15, 0.2) is 0 Å². The standard InChI is InChI=1S/C15H20N4O2S2/c1-9(20)16-10(11-6-5-7-22-11)8-12(21)17-14-19-18-13(23-14)15(2,3)4/h5-7,10H,8H2,1-4H3,(H,16,20)(H,17,19,21). The predicted molar refractivity (Wildman–Crippen MR) is 92.7 cm³/mol. The van der Waals surface area contributed by atoms with E-state index in [-0.39, 0.29) is 29.7 Å². The number of nitrogens with one attached hydrogen (secondary N) is 2. The maximum absolute atomic E-state index is 12.2. The normalized spacial score (nSPS) is 12.7. The van der Waals surface area contributed by atoms with Crippen LogP contribution in [-0.4, -0.2) is 22.0 Å². The summed E-state index contributed by atoms with van der Waals surface area (Å²) in [6.45, 7) is 7.58. The molecule has 0 aliphatic heterocycles. The first-order valence-electron chi connectivity index (χ1n) is 7.20. The molecule has 6 nitrogen and oxygen atoms in total. The van der Waals surface area contributed by atoms with Gasteiger partial charge >= 0.3 is 0 Å². The van der Waals surface area contributed by atoms with E-state index in [0.29, 0.717) is 5.13 Å². The smallest absolute Gasteiger partial charge is 0.228 e. The van der Waals surface area contributed by atoms with Crippen molar-refractivity contribution in [3.05, 3.63) is 27.4 Å². The van der Waals surface area contributed by atoms with Gasteiger partial charge in [0.2, 0.25) is 16.9 Å². The summed E-state index contributed by atoms with van der Waals surface area (Å²) in [5.74, 6) is -0.365. The van der Waals surface area contributed by atoms with Crippen molar-refractivity contribution in [1.82, 2.24) is 15.5 Å². The molecule has 124 valence electrons. The fourth-order valence-electron chi connectivity index (χ4n) is 1.89. The van der Waals surface area contributed by atoms with Gasteiger partial charge in [0.25, 0.3) is 0 Å². The maximum Gasteiger partial charge on any atom is 0.228 e. The van der Waals surface area contributed by atoms with Gasteiger partial charge < -0.3 is 10.6 Å². The van der Waals surface area contributed by atoms with Crippen LogP contribution in [0.15, 0.2) is 17.5 Å². The SMILES string of the molecule is CC(=O)NC(CC(=O)Nc1nnc(C(C)(C)C)s1)c1cccs1. The van der Waals surface area contributed by atoms with Gasteiger partial charge in [0.05, 0.1) is 12.5 Å². The molecule has 2 rings (SSSR count). The lowest BCUT2D eigenvalue weighted by atomic mass is 9.98. The Morgan fingerprint density at radius 2 is 2.04 bits per heavy atom. The van der Waals surface area contributed by atoms with E-state index >= 15 is 0 Å². The van der Waals surface area contributed by atoms with Crippen LogP contribution in [-0.2, 0) is 15.0 Å². The Hall–Kier alpha value is -1.80. The molecule has 8 heteroatoms.